The highest BCUT2D eigenvalue weighted by Crippen LogP contribution is 2.62. The molecule has 3 rings (SSSR count). The lowest BCUT2D eigenvalue weighted by atomic mass is 9.46. The summed E-state index contributed by atoms with van der Waals surface area (Å²) in [4.78, 5) is 11.8. The van der Waals surface area contributed by atoms with Crippen molar-refractivity contribution >= 4 is 5.97 Å². The zero-order chi connectivity index (χ0) is 14.1. The molecule has 0 radical (unpaired) electrons. The molecule has 4 heteroatoms. The average molecular weight is 266 g/mol. The van der Waals surface area contributed by atoms with Crippen LogP contribution in [0, 0.1) is 16.7 Å². The van der Waals surface area contributed by atoms with E-state index in [4.69, 9.17) is 4.74 Å². The first kappa shape index (κ1) is 13.1. The van der Waals surface area contributed by atoms with Crippen molar-refractivity contribution < 1.29 is 19.7 Å². The van der Waals surface area contributed by atoms with Crippen molar-refractivity contribution in [3.05, 3.63) is 11.6 Å². The van der Waals surface area contributed by atoms with Crippen molar-refractivity contribution in [3.8, 4) is 0 Å². The Morgan fingerprint density at radius 2 is 2.05 bits per heavy atom. The van der Waals surface area contributed by atoms with Crippen LogP contribution in [0.4, 0.5) is 0 Å². The zero-order valence-electron chi connectivity index (χ0n) is 11.8. The topological polar surface area (TPSA) is 66.8 Å². The predicted octanol–water partition coefficient (Wildman–Crippen LogP) is 1.41. The molecule has 0 amide bonds. The minimum atomic E-state index is -1.19. The number of aliphatic hydroxyl groups excluding tert-OH is 1. The Hall–Kier alpha value is -0.870. The van der Waals surface area contributed by atoms with Gasteiger partial charge in [-0.25, -0.2) is 4.79 Å². The Kier molecular flexibility index (Phi) is 2.50. The third-order valence-electron chi connectivity index (χ3n) is 6.04. The zero-order valence-corrected chi connectivity index (χ0v) is 11.8. The SMILES string of the molecule is CC1(C)[C@H]2CC=C3C(=O)OC[C@]3(O)[C@@]2(C)CC[C@@H]1O. The number of ether oxygens (including phenoxy) is 1. The molecule has 106 valence electrons. The first-order valence-electron chi connectivity index (χ1n) is 7.02. The summed E-state index contributed by atoms with van der Waals surface area (Å²) in [5.41, 5.74) is -1.44. The lowest BCUT2D eigenvalue weighted by molar-refractivity contribution is -0.177. The van der Waals surface area contributed by atoms with Gasteiger partial charge in [0.25, 0.3) is 0 Å². The Balaban J connectivity index is 2.11. The molecule has 1 heterocycles. The van der Waals surface area contributed by atoms with Crippen molar-refractivity contribution in [3.63, 3.8) is 0 Å². The maximum atomic E-state index is 11.8. The first-order valence-corrected chi connectivity index (χ1v) is 7.02. The van der Waals surface area contributed by atoms with Crippen molar-refractivity contribution in [2.24, 2.45) is 16.7 Å². The second-order valence-electron chi connectivity index (χ2n) is 7.14. The van der Waals surface area contributed by atoms with Gasteiger partial charge >= 0.3 is 5.97 Å². The van der Waals surface area contributed by atoms with E-state index in [1.165, 1.54) is 0 Å². The number of esters is 1. The van der Waals surface area contributed by atoms with Crippen LogP contribution in [0.1, 0.15) is 40.0 Å². The quantitative estimate of drug-likeness (QED) is 0.651. The van der Waals surface area contributed by atoms with Crippen LogP contribution < -0.4 is 0 Å². The molecule has 0 spiro atoms. The summed E-state index contributed by atoms with van der Waals surface area (Å²) in [5.74, 6) is -0.238. The normalized spacial score (nSPS) is 48.1. The smallest absolute Gasteiger partial charge is 0.336 e. The Morgan fingerprint density at radius 3 is 2.74 bits per heavy atom. The van der Waals surface area contributed by atoms with E-state index in [0.29, 0.717) is 24.8 Å². The molecule has 4 atom stereocenters. The second-order valence-corrected chi connectivity index (χ2v) is 7.14. The fourth-order valence-corrected chi connectivity index (χ4v) is 4.55. The molecular weight excluding hydrogens is 244 g/mol. The van der Waals surface area contributed by atoms with Crippen LogP contribution in [-0.4, -0.2) is 34.5 Å². The number of fused-ring (bicyclic) bond motifs is 3. The maximum absolute atomic E-state index is 11.8. The summed E-state index contributed by atoms with van der Waals surface area (Å²) < 4.78 is 5.09. The Bertz CT molecular complexity index is 467. The van der Waals surface area contributed by atoms with Crippen molar-refractivity contribution in [1.82, 2.24) is 0 Å². The first-order chi connectivity index (χ1) is 8.73. The van der Waals surface area contributed by atoms with Crippen LogP contribution in [0.25, 0.3) is 0 Å². The van der Waals surface area contributed by atoms with Crippen molar-refractivity contribution in [2.45, 2.75) is 51.7 Å². The maximum Gasteiger partial charge on any atom is 0.336 e. The standard InChI is InChI=1S/C15H22O4/c1-13(2)10-5-4-9-12(17)19-8-15(9,18)14(10,3)7-6-11(13)16/h4,10-11,16,18H,5-8H2,1-3H3/t10-,11+,14+,15-/m1/s1. The molecule has 2 fully saturated rings. The van der Waals surface area contributed by atoms with E-state index in [2.05, 4.69) is 13.8 Å². The Morgan fingerprint density at radius 1 is 1.37 bits per heavy atom. The predicted molar refractivity (Wildman–Crippen MR) is 69.2 cm³/mol. The van der Waals surface area contributed by atoms with E-state index in [0.717, 1.165) is 0 Å². The summed E-state index contributed by atoms with van der Waals surface area (Å²) in [6, 6.07) is 0. The van der Waals surface area contributed by atoms with Crippen LogP contribution >= 0.6 is 0 Å². The van der Waals surface area contributed by atoms with Crippen LogP contribution in [0.3, 0.4) is 0 Å². The lowest BCUT2D eigenvalue weighted by Gasteiger charge is -2.59. The van der Waals surface area contributed by atoms with E-state index in [1.54, 1.807) is 0 Å². The monoisotopic (exact) mass is 266 g/mol. The molecule has 1 saturated heterocycles. The molecule has 0 unspecified atom stereocenters. The highest BCUT2D eigenvalue weighted by molar-refractivity contribution is 5.93. The van der Waals surface area contributed by atoms with E-state index in [9.17, 15) is 15.0 Å². The average Bonchev–Trinajstić information content (AvgIpc) is 2.64. The highest BCUT2D eigenvalue weighted by atomic mass is 16.6. The number of aliphatic hydroxyl groups is 2. The van der Waals surface area contributed by atoms with Crippen molar-refractivity contribution in [1.29, 1.82) is 0 Å². The largest absolute Gasteiger partial charge is 0.459 e. The van der Waals surface area contributed by atoms with Gasteiger partial charge in [0.15, 0.2) is 0 Å². The van der Waals surface area contributed by atoms with Crippen molar-refractivity contribution in [2.75, 3.05) is 6.61 Å². The van der Waals surface area contributed by atoms with Gasteiger partial charge in [-0.15, -0.1) is 0 Å². The molecule has 3 aliphatic rings. The minimum Gasteiger partial charge on any atom is -0.459 e. The van der Waals surface area contributed by atoms with E-state index in [-0.39, 0.29) is 30.0 Å². The van der Waals surface area contributed by atoms with Crippen LogP contribution in [0.15, 0.2) is 11.6 Å². The molecule has 0 aromatic carbocycles. The highest BCUT2D eigenvalue weighted by Gasteiger charge is 2.65. The molecule has 1 saturated carbocycles. The number of carbonyl (C=O) groups is 1. The van der Waals surface area contributed by atoms with Gasteiger partial charge in [-0.2, -0.15) is 0 Å². The van der Waals surface area contributed by atoms with E-state index in [1.807, 2.05) is 13.0 Å². The lowest BCUT2D eigenvalue weighted by Crippen LogP contribution is -2.62. The van der Waals surface area contributed by atoms with Gasteiger partial charge in [-0.3, -0.25) is 0 Å². The molecule has 2 aliphatic carbocycles. The van der Waals surface area contributed by atoms with Crippen LogP contribution in [0.5, 0.6) is 0 Å². The number of rotatable bonds is 0. The number of cyclic esters (lactones) is 1. The van der Waals surface area contributed by atoms with Gasteiger partial charge < -0.3 is 14.9 Å². The van der Waals surface area contributed by atoms with Gasteiger partial charge in [0, 0.05) is 5.41 Å². The Labute approximate surface area is 113 Å². The minimum absolute atomic E-state index is 0.0524. The van der Waals surface area contributed by atoms with Gasteiger partial charge in [-0.05, 0) is 30.6 Å². The molecule has 0 aromatic rings. The molecular formula is C15H22O4. The molecule has 19 heavy (non-hydrogen) atoms. The molecule has 0 bridgehead atoms. The summed E-state index contributed by atoms with van der Waals surface area (Å²) in [6.07, 6.45) is 3.55. The molecule has 1 aliphatic heterocycles. The van der Waals surface area contributed by atoms with Crippen LogP contribution in [0.2, 0.25) is 0 Å². The van der Waals surface area contributed by atoms with Gasteiger partial charge in [0.05, 0.1) is 11.7 Å². The summed E-state index contributed by atoms with van der Waals surface area (Å²) in [6.45, 7) is 6.20. The third kappa shape index (κ3) is 1.39. The second kappa shape index (κ2) is 3.61. The molecule has 4 nitrogen and oxygen atoms in total. The van der Waals surface area contributed by atoms with Gasteiger partial charge in [0.1, 0.15) is 12.2 Å². The fourth-order valence-electron chi connectivity index (χ4n) is 4.55. The number of hydrogen-bond donors (Lipinski definition) is 2. The van der Waals surface area contributed by atoms with E-state index >= 15 is 0 Å². The summed E-state index contributed by atoms with van der Waals surface area (Å²) in [5, 5.41) is 21.3. The van der Waals surface area contributed by atoms with Crippen LogP contribution in [-0.2, 0) is 9.53 Å². The fraction of sp³-hybridized carbons (Fsp3) is 0.800. The number of allylic oxidation sites excluding steroid dienone is 1. The summed E-state index contributed by atoms with van der Waals surface area (Å²) in [7, 11) is 0. The molecule has 0 aromatic heterocycles. The van der Waals surface area contributed by atoms with Gasteiger partial charge in [0.2, 0.25) is 0 Å². The molecule has 2 N–H and O–H groups in total. The number of hydrogen-bond acceptors (Lipinski definition) is 4. The van der Waals surface area contributed by atoms with Gasteiger partial charge in [-0.1, -0.05) is 26.8 Å². The number of carbonyl (C=O) groups excluding carboxylic acids is 1. The third-order valence-corrected chi connectivity index (χ3v) is 6.04. The van der Waals surface area contributed by atoms with E-state index < -0.39 is 11.0 Å². The summed E-state index contributed by atoms with van der Waals surface area (Å²) >= 11 is 0.